The first kappa shape index (κ1) is 22.2. The summed E-state index contributed by atoms with van der Waals surface area (Å²) in [5.74, 6) is -1.77. The lowest BCUT2D eigenvalue weighted by Crippen LogP contribution is -2.42. The highest BCUT2D eigenvalue weighted by Gasteiger charge is 2.23. The maximum Gasteiger partial charge on any atom is 0.253 e. The molecule has 1 aromatic carbocycles. The first-order valence-electron chi connectivity index (χ1n) is 8.81. The SMILES string of the molecule is CC(C)(C)NC(=O)c1cccnc1CC(O)C(N)Cc1cc(F)c(Cl)cc1F. The zero-order chi connectivity index (χ0) is 21.1. The van der Waals surface area contributed by atoms with Gasteiger partial charge in [-0.15, -0.1) is 0 Å². The van der Waals surface area contributed by atoms with E-state index in [9.17, 15) is 18.7 Å². The van der Waals surface area contributed by atoms with Crippen LogP contribution >= 0.6 is 11.6 Å². The molecule has 0 aliphatic rings. The number of halogens is 3. The average Bonchev–Trinajstić information content (AvgIpc) is 2.58. The van der Waals surface area contributed by atoms with E-state index in [4.69, 9.17) is 17.3 Å². The van der Waals surface area contributed by atoms with Crippen molar-refractivity contribution in [2.24, 2.45) is 5.73 Å². The Morgan fingerprint density at radius 3 is 2.61 bits per heavy atom. The fourth-order valence-electron chi connectivity index (χ4n) is 2.67. The molecule has 1 heterocycles. The molecule has 0 saturated carbocycles. The molecular weight excluding hydrogens is 388 g/mol. The van der Waals surface area contributed by atoms with Crippen LogP contribution in [0.25, 0.3) is 0 Å². The number of nitrogens with one attached hydrogen (secondary N) is 1. The van der Waals surface area contributed by atoms with Crippen LogP contribution in [0.5, 0.6) is 0 Å². The summed E-state index contributed by atoms with van der Waals surface area (Å²) in [4.78, 5) is 16.6. The molecule has 28 heavy (non-hydrogen) atoms. The molecule has 0 aliphatic heterocycles. The number of carbonyl (C=O) groups is 1. The molecule has 1 amide bonds. The number of carbonyl (C=O) groups excluding carboxylic acids is 1. The molecule has 0 bridgehead atoms. The summed E-state index contributed by atoms with van der Waals surface area (Å²) in [6.07, 6.45) is 0.286. The minimum absolute atomic E-state index is 0.00735. The van der Waals surface area contributed by atoms with E-state index in [-0.39, 0.29) is 29.3 Å². The van der Waals surface area contributed by atoms with Crippen LogP contribution in [-0.2, 0) is 12.8 Å². The first-order valence-corrected chi connectivity index (χ1v) is 9.19. The van der Waals surface area contributed by atoms with E-state index < -0.39 is 29.3 Å². The Morgan fingerprint density at radius 1 is 1.29 bits per heavy atom. The van der Waals surface area contributed by atoms with Gasteiger partial charge in [0.2, 0.25) is 0 Å². The van der Waals surface area contributed by atoms with E-state index in [0.29, 0.717) is 11.3 Å². The molecule has 1 aromatic heterocycles. The van der Waals surface area contributed by atoms with Crippen LogP contribution in [-0.4, -0.2) is 33.7 Å². The number of rotatable bonds is 6. The number of aliphatic hydroxyl groups excluding tert-OH is 1. The van der Waals surface area contributed by atoms with Gasteiger partial charge in [-0.3, -0.25) is 9.78 Å². The second-order valence-electron chi connectivity index (χ2n) is 7.70. The smallest absolute Gasteiger partial charge is 0.253 e. The van der Waals surface area contributed by atoms with Crippen molar-refractivity contribution in [2.75, 3.05) is 0 Å². The van der Waals surface area contributed by atoms with Gasteiger partial charge in [-0.25, -0.2) is 8.78 Å². The highest BCUT2D eigenvalue weighted by molar-refractivity contribution is 6.30. The van der Waals surface area contributed by atoms with Gasteiger partial charge >= 0.3 is 0 Å². The summed E-state index contributed by atoms with van der Waals surface area (Å²) in [6, 6.07) is 4.18. The van der Waals surface area contributed by atoms with E-state index >= 15 is 0 Å². The normalized spacial score (nSPS) is 13.9. The van der Waals surface area contributed by atoms with E-state index in [1.54, 1.807) is 12.1 Å². The lowest BCUT2D eigenvalue weighted by atomic mass is 9.96. The van der Waals surface area contributed by atoms with Gasteiger partial charge in [-0.2, -0.15) is 0 Å². The highest BCUT2D eigenvalue weighted by atomic mass is 35.5. The molecule has 2 atom stereocenters. The minimum Gasteiger partial charge on any atom is -0.391 e. The van der Waals surface area contributed by atoms with Crippen LogP contribution in [0.4, 0.5) is 8.78 Å². The molecule has 2 aromatic rings. The lowest BCUT2D eigenvalue weighted by molar-refractivity contribution is 0.0916. The highest BCUT2D eigenvalue weighted by Crippen LogP contribution is 2.21. The molecule has 8 heteroatoms. The predicted octanol–water partition coefficient (Wildman–Crippen LogP) is 3.01. The number of nitrogens with zero attached hydrogens (tertiary/aromatic N) is 1. The largest absolute Gasteiger partial charge is 0.391 e. The topological polar surface area (TPSA) is 88.2 Å². The third kappa shape index (κ3) is 5.95. The summed E-state index contributed by atoms with van der Waals surface area (Å²) < 4.78 is 27.5. The van der Waals surface area contributed by atoms with E-state index in [1.165, 1.54) is 6.20 Å². The Bertz CT molecular complexity index is 856. The van der Waals surface area contributed by atoms with Crippen molar-refractivity contribution in [1.82, 2.24) is 10.3 Å². The predicted molar refractivity (Wildman–Crippen MR) is 104 cm³/mol. The molecule has 2 rings (SSSR count). The second kappa shape index (κ2) is 8.94. The molecule has 0 aliphatic carbocycles. The number of nitrogens with two attached hydrogens (primary N) is 1. The summed E-state index contributed by atoms with van der Waals surface area (Å²) >= 11 is 5.54. The van der Waals surface area contributed by atoms with Crippen molar-refractivity contribution in [1.29, 1.82) is 0 Å². The maximum absolute atomic E-state index is 14.0. The molecule has 0 radical (unpaired) electrons. The number of pyridine rings is 1. The molecule has 0 fully saturated rings. The van der Waals surface area contributed by atoms with Crippen LogP contribution in [0.15, 0.2) is 30.5 Å². The number of aromatic nitrogens is 1. The molecule has 5 nitrogen and oxygen atoms in total. The van der Waals surface area contributed by atoms with Crippen molar-refractivity contribution in [3.05, 3.63) is 63.9 Å². The van der Waals surface area contributed by atoms with Gasteiger partial charge in [0.1, 0.15) is 11.6 Å². The number of aliphatic hydroxyl groups is 1. The van der Waals surface area contributed by atoms with Gasteiger partial charge in [0.05, 0.1) is 22.4 Å². The van der Waals surface area contributed by atoms with Gasteiger partial charge in [0, 0.05) is 24.2 Å². The third-order valence-electron chi connectivity index (χ3n) is 4.07. The molecule has 0 saturated heterocycles. The third-order valence-corrected chi connectivity index (χ3v) is 4.35. The van der Waals surface area contributed by atoms with Gasteiger partial charge < -0.3 is 16.2 Å². The minimum atomic E-state index is -1.12. The zero-order valence-corrected chi connectivity index (χ0v) is 16.7. The monoisotopic (exact) mass is 411 g/mol. The Morgan fingerprint density at radius 2 is 1.96 bits per heavy atom. The van der Waals surface area contributed by atoms with E-state index in [0.717, 1.165) is 12.1 Å². The van der Waals surface area contributed by atoms with Crippen molar-refractivity contribution < 1.29 is 18.7 Å². The Balaban J connectivity index is 2.13. The molecule has 2 unspecified atom stereocenters. The second-order valence-corrected chi connectivity index (χ2v) is 8.11. The number of benzene rings is 1. The molecular formula is C20H24ClF2N3O2. The van der Waals surface area contributed by atoms with Crippen LogP contribution in [0.1, 0.15) is 42.4 Å². The fraction of sp³-hybridized carbons (Fsp3) is 0.400. The van der Waals surface area contributed by atoms with Crippen LogP contribution in [0, 0.1) is 11.6 Å². The molecule has 0 spiro atoms. The summed E-state index contributed by atoms with van der Waals surface area (Å²) in [6.45, 7) is 5.56. The number of amides is 1. The Labute approximate surface area is 167 Å². The summed E-state index contributed by atoms with van der Waals surface area (Å²) in [5.41, 5.74) is 6.26. The fourth-order valence-corrected chi connectivity index (χ4v) is 2.83. The van der Waals surface area contributed by atoms with Crippen LogP contribution in [0.3, 0.4) is 0 Å². The van der Waals surface area contributed by atoms with Crippen molar-refractivity contribution in [3.63, 3.8) is 0 Å². The molecule has 4 N–H and O–H groups in total. The zero-order valence-electron chi connectivity index (χ0n) is 16.0. The van der Waals surface area contributed by atoms with Gasteiger partial charge in [0.25, 0.3) is 5.91 Å². The summed E-state index contributed by atoms with van der Waals surface area (Å²) in [5, 5.41) is 13.0. The van der Waals surface area contributed by atoms with E-state index in [1.807, 2.05) is 20.8 Å². The Hall–Kier alpha value is -2.09. The maximum atomic E-state index is 14.0. The standard InChI is InChI=1S/C20H24ClF2N3O2/c1-20(2,3)26-19(28)12-5-4-6-25-17(12)10-18(27)16(24)8-11-7-15(23)13(21)9-14(11)22/h4-7,9,16,18,27H,8,10,24H2,1-3H3,(H,26,28). The first-order chi connectivity index (χ1) is 13.0. The van der Waals surface area contributed by atoms with Crippen molar-refractivity contribution in [2.45, 2.75) is 51.3 Å². The van der Waals surface area contributed by atoms with Crippen molar-refractivity contribution in [3.8, 4) is 0 Å². The lowest BCUT2D eigenvalue weighted by Gasteiger charge is -2.23. The average molecular weight is 412 g/mol. The van der Waals surface area contributed by atoms with Crippen molar-refractivity contribution >= 4 is 17.5 Å². The van der Waals surface area contributed by atoms with Gasteiger partial charge in [-0.05, 0) is 57.0 Å². The van der Waals surface area contributed by atoms with Crippen LogP contribution in [0.2, 0.25) is 5.02 Å². The van der Waals surface area contributed by atoms with Gasteiger partial charge in [-0.1, -0.05) is 11.6 Å². The quantitative estimate of drug-likeness (QED) is 0.637. The number of hydrogen-bond donors (Lipinski definition) is 3. The number of hydrogen-bond acceptors (Lipinski definition) is 4. The Kier molecular flexibility index (Phi) is 7.09. The summed E-state index contributed by atoms with van der Waals surface area (Å²) in [7, 11) is 0. The van der Waals surface area contributed by atoms with Crippen LogP contribution < -0.4 is 11.1 Å². The van der Waals surface area contributed by atoms with Gasteiger partial charge in [0.15, 0.2) is 0 Å². The van der Waals surface area contributed by atoms with E-state index in [2.05, 4.69) is 10.3 Å². The molecule has 152 valence electrons.